The Morgan fingerprint density at radius 2 is 1.71 bits per heavy atom. The van der Waals surface area contributed by atoms with Gasteiger partial charge in [-0.3, -0.25) is 0 Å². The standard InChI is InChI=1S/C16H20O/c1-12-8-7-10-14-13-9-5-3-2-4-6-11-15(13)17-16(12)14/h7-8,10H,2-6,9,11H2,1H3. The van der Waals surface area contributed by atoms with Crippen LogP contribution in [0.25, 0.3) is 11.0 Å². The van der Waals surface area contributed by atoms with Gasteiger partial charge in [-0.15, -0.1) is 0 Å². The number of hydrogen-bond acceptors (Lipinski definition) is 1. The third-order valence-electron chi connectivity index (χ3n) is 3.93. The summed E-state index contributed by atoms with van der Waals surface area (Å²) in [7, 11) is 0. The fraction of sp³-hybridized carbons (Fsp3) is 0.500. The van der Waals surface area contributed by atoms with Gasteiger partial charge < -0.3 is 4.42 Å². The molecule has 0 fully saturated rings. The van der Waals surface area contributed by atoms with Crippen molar-refractivity contribution in [2.45, 2.75) is 51.9 Å². The zero-order valence-electron chi connectivity index (χ0n) is 10.6. The third kappa shape index (κ3) is 1.99. The van der Waals surface area contributed by atoms with Crippen LogP contribution in [0, 0.1) is 6.92 Å². The molecule has 17 heavy (non-hydrogen) atoms. The van der Waals surface area contributed by atoms with E-state index in [4.69, 9.17) is 4.42 Å². The number of furan rings is 1. The van der Waals surface area contributed by atoms with E-state index in [1.807, 2.05) is 0 Å². The van der Waals surface area contributed by atoms with E-state index >= 15 is 0 Å². The monoisotopic (exact) mass is 228 g/mol. The van der Waals surface area contributed by atoms with Crippen LogP contribution >= 0.6 is 0 Å². The molecule has 0 aliphatic heterocycles. The van der Waals surface area contributed by atoms with Gasteiger partial charge in [0.05, 0.1) is 0 Å². The van der Waals surface area contributed by atoms with Crippen molar-refractivity contribution in [3.8, 4) is 0 Å². The molecule has 3 rings (SSSR count). The molecule has 0 bridgehead atoms. The van der Waals surface area contributed by atoms with E-state index in [2.05, 4.69) is 25.1 Å². The molecule has 0 saturated heterocycles. The summed E-state index contributed by atoms with van der Waals surface area (Å²) in [6.07, 6.45) is 9.05. The summed E-state index contributed by atoms with van der Waals surface area (Å²) in [6, 6.07) is 6.52. The number of hydrogen-bond donors (Lipinski definition) is 0. The molecule has 0 spiro atoms. The summed E-state index contributed by atoms with van der Waals surface area (Å²) >= 11 is 0. The maximum atomic E-state index is 6.11. The predicted molar refractivity (Wildman–Crippen MR) is 71.4 cm³/mol. The van der Waals surface area contributed by atoms with Crippen LogP contribution in [0.3, 0.4) is 0 Å². The molecule has 90 valence electrons. The highest BCUT2D eigenvalue weighted by Gasteiger charge is 2.15. The highest BCUT2D eigenvalue weighted by molar-refractivity contribution is 5.84. The van der Waals surface area contributed by atoms with E-state index in [0.29, 0.717) is 0 Å². The highest BCUT2D eigenvalue weighted by atomic mass is 16.3. The largest absolute Gasteiger partial charge is 0.461 e. The van der Waals surface area contributed by atoms with Gasteiger partial charge in [0, 0.05) is 17.4 Å². The lowest BCUT2D eigenvalue weighted by atomic mass is 10.0. The van der Waals surface area contributed by atoms with Gasteiger partial charge in [-0.1, -0.05) is 37.5 Å². The molecule has 0 unspecified atom stereocenters. The van der Waals surface area contributed by atoms with Crippen molar-refractivity contribution in [1.29, 1.82) is 0 Å². The Hall–Kier alpha value is -1.24. The minimum Gasteiger partial charge on any atom is -0.461 e. The Labute approximate surface area is 103 Å². The average Bonchev–Trinajstić information content (AvgIpc) is 2.71. The van der Waals surface area contributed by atoms with Crippen molar-refractivity contribution in [1.82, 2.24) is 0 Å². The van der Waals surface area contributed by atoms with Gasteiger partial charge in [-0.05, 0) is 31.7 Å². The second-order valence-corrected chi connectivity index (χ2v) is 5.22. The van der Waals surface area contributed by atoms with Gasteiger partial charge in [0.25, 0.3) is 0 Å². The van der Waals surface area contributed by atoms with Crippen LogP contribution in [0.1, 0.15) is 49.0 Å². The summed E-state index contributed by atoms with van der Waals surface area (Å²) in [5.41, 5.74) is 3.88. The quantitative estimate of drug-likeness (QED) is 0.632. The summed E-state index contributed by atoms with van der Waals surface area (Å²) in [4.78, 5) is 0. The van der Waals surface area contributed by atoms with Crippen LogP contribution in [-0.2, 0) is 12.8 Å². The number of fused-ring (bicyclic) bond motifs is 3. The summed E-state index contributed by atoms with van der Waals surface area (Å²) in [5, 5.41) is 1.36. The average molecular weight is 228 g/mol. The molecule has 1 nitrogen and oxygen atoms in total. The molecule has 1 aliphatic rings. The summed E-state index contributed by atoms with van der Waals surface area (Å²) < 4.78 is 6.11. The fourth-order valence-electron chi connectivity index (χ4n) is 2.95. The zero-order chi connectivity index (χ0) is 11.7. The molecular formula is C16H20O. The van der Waals surface area contributed by atoms with Crippen molar-refractivity contribution >= 4 is 11.0 Å². The molecule has 1 aromatic carbocycles. The van der Waals surface area contributed by atoms with Crippen molar-refractivity contribution in [2.75, 3.05) is 0 Å². The number of para-hydroxylation sites is 1. The normalized spacial score (nSPS) is 17.2. The second kappa shape index (κ2) is 4.56. The Kier molecular flexibility index (Phi) is 2.92. The lowest BCUT2D eigenvalue weighted by Crippen LogP contribution is -1.88. The Balaban J connectivity index is 2.12. The molecule has 1 aliphatic carbocycles. The molecule has 0 saturated carbocycles. The minimum absolute atomic E-state index is 1.12. The first-order valence-corrected chi connectivity index (χ1v) is 6.86. The van der Waals surface area contributed by atoms with Gasteiger partial charge in [0.15, 0.2) is 0 Å². The summed E-state index contributed by atoms with van der Waals surface area (Å²) in [6.45, 7) is 2.14. The minimum atomic E-state index is 1.12. The Morgan fingerprint density at radius 3 is 2.59 bits per heavy atom. The van der Waals surface area contributed by atoms with Crippen molar-refractivity contribution in [2.24, 2.45) is 0 Å². The van der Waals surface area contributed by atoms with E-state index < -0.39 is 0 Å². The molecule has 1 aromatic heterocycles. The van der Waals surface area contributed by atoms with Crippen LogP contribution < -0.4 is 0 Å². The van der Waals surface area contributed by atoms with Crippen molar-refractivity contribution < 1.29 is 4.42 Å². The molecule has 1 heteroatoms. The van der Waals surface area contributed by atoms with Crippen molar-refractivity contribution in [3.63, 3.8) is 0 Å². The third-order valence-corrected chi connectivity index (χ3v) is 3.93. The highest BCUT2D eigenvalue weighted by Crippen LogP contribution is 2.31. The summed E-state index contributed by atoms with van der Waals surface area (Å²) in [5.74, 6) is 1.26. The number of benzene rings is 1. The lowest BCUT2D eigenvalue weighted by molar-refractivity contribution is 0.526. The Morgan fingerprint density at radius 1 is 0.941 bits per heavy atom. The first kappa shape index (κ1) is 10.9. The van der Waals surface area contributed by atoms with Gasteiger partial charge in [0.2, 0.25) is 0 Å². The maximum absolute atomic E-state index is 6.11. The molecule has 0 amide bonds. The van der Waals surface area contributed by atoms with E-state index in [9.17, 15) is 0 Å². The van der Waals surface area contributed by atoms with E-state index in [1.54, 1.807) is 0 Å². The molecule has 0 atom stereocenters. The Bertz CT molecular complexity index is 522. The van der Waals surface area contributed by atoms with Gasteiger partial charge in [-0.25, -0.2) is 0 Å². The molecule has 0 N–H and O–H groups in total. The molecular weight excluding hydrogens is 208 g/mol. The second-order valence-electron chi connectivity index (χ2n) is 5.22. The van der Waals surface area contributed by atoms with Crippen LogP contribution in [-0.4, -0.2) is 0 Å². The topological polar surface area (TPSA) is 13.1 Å². The van der Waals surface area contributed by atoms with E-state index in [1.165, 1.54) is 60.8 Å². The van der Waals surface area contributed by atoms with Crippen molar-refractivity contribution in [3.05, 3.63) is 35.1 Å². The molecule has 1 heterocycles. The smallest absolute Gasteiger partial charge is 0.137 e. The van der Waals surface area contributed by atoms with Gasteiger partial charge in [0.1, 0.15) is 11.3 Å². The molecule has 0 radical (unpaired) electrons. The van der Waals surface area contributed by atoms with Gasteiger partial charge in [-0.2, -0.15) is 0 Å². The molecule has 2 aromatic rings. The number of aryl methyl sites for hydroxylation is 3. The first-order chi connectivity index (χ1) is 8.36. The maximum Gasteiger partial charge on any atom is 0.137 e. The van der Waals surface area contributed by atoms with E-state index in [-0.39, 0.29) is 0 Å². The zero-order valence-corrected chi connectivity index (χ0v) is 10.6. The van der Waals surface area contributed by atoms with E-state index in [0.717, 1.165) is 12.0 Å². The fourth-order valence-corrected chi connectivity index (χ4v) is 2.95. The lowest BCUT2D eigenvalue weighted by Gasteiger charge is -1.99. The first-order valence-electron chi connectivity index (χ1n) is 6.86. The SMILES string of the molecule is Cc1cccc2c3c(oc12)CCCCCCC3. The number of rotatable bonds is 0. The predicted octanol–water partition coefficient (Wildman–Crippen LogP) is 4.79. The van der Waals surface area contributed by atoms with Gasteiger partial charge >= 0.3 is 0 Å². The van der Waals surface area contributed by atoms with Crippen LogP contribution in [0.4, 0.5) is 0 Å². The van der Waals surface area contributed by atoms with Crippen LogP contribution in [0.5, 0.6) is 0 Å². The van der Waals surface area contributed by atoms with Crippen LogP contribution in [0.15, 0.2) is 22.6 Å². The van der Waals surface area contributed by atoms with Crippen LogP contribution in [0.2, 0.25) is 0 Å².